The van der Waals surface area contributed by atoms with Gasteiger partial charge in [0.15, 0.2) is 0 Å². The second kappa shape index (κ2) is 7.21. The van der Waals surface area contributed by atoms with Gasteiger partial charge in [0.25, 0.3) is 5.56 Å². The molecule has 1 heterocycles. The Morgan fingerprint density at radius 3 is 2.64 bits per heavy atom. The largest absolute Gasteiger partial charge is 0.444 e. The number of amides is 1. The lowest BCUT2D eigenvalue weighted by Crippen LogP contribution is -2.35. The first-order valence-corrected chi connectivity index (χ1v) is 7.78. The molecule has 0 saturated heterocycles. The number of carbonyl (C=O) groups is 1. The van der Waals surface area contributed by atoms with Gasteiger partial charge in [-0.2, -0.15) is 5.10 Å². The highest BCUT2D eigenvalue weighted by Crippen LogP contribution is 2.24. The van der Waals surface area contributed by atoms with E-state index in [1.165, 1.54) is 6.08 Å². The van der Waals surface area contributed by atoms with Gasteiger partial charge in [-0.1, -0.05) is 24.3 Å². The van der Waals surface area contributed by atoms with Crippen LogP contribution in [0, 0.1) is 0 Å². The average Bonchev–Trinajstić information content (AvgIpc) is 2.52. The molecule has 7 nitrogen and oxygen atoms in total. The maximum Gasteiger partial charge on any atom is 0.408 e. The highest BCUT2D eigenvalue weighted by atomic mass is 16.6. The monoisotopic (exact) mass is 342 g/mol. The molecule has 2 aromatic rings. The zero-order valence-electron chi connectivity index (χ0n) is 14.5. The molecule has 4 N–H and O–H groups in total. The third kappa shape index (κ3) is 4.69. The molecule has 0 saturated carbocycles. The lowest BCUT2D eigenvalue weighted by atomic mass is 10.0. The minimum absolute atomic E-state index is 0.362. The average molecular weight is 342 g/mol. The normalized spacial score (nSPS) is 12.3. The second-order valence-electron chi connectivity index (χ2n) is 6.48. The first-order valence-electron chi connectivity index (χ1n) is 7.78. The summed E-state index contributed by atoms with van der Waals surface area (Å²) in [5.41, 5.74) is 6.79. The van der Waals surface area contributed by atoms with Crippen molar-refractivity contribution in [2.45, 2.75) is 32.4 Å². The predicted octanol–water partition coefficient (Wildman–Crippen LogP) is 2.77. The maximum atomic E-state index is 12.1. The molecule has 1 atom stereocenters. The Labute approximate surface area is 145 Å². The lowest BCUT2D eigenvalue weighted by Gasteiger charge is -2.22. The quantitative estimate of drug-likeness (QED) is 0.584. The van der Waals surface area contributed by atoms with Crippen LogP contribution in [0.2, 0.25) is 0 Å². The summed E-state index contributed by atoms with van der Waals surface area (Å²) in [4.78, 5) is 24.1. The number of para-hydroxylation sites is 1. The van der Waals surface area contributed by atoms with E-state index in [2.05, 4.69) is 22.1 Å². The number of alkyl carbamates (subject to hydrolysis) is 1. The fourth-order valence-corrected chi connectivity index (χ4v) is 2.21. The van der Waals surface area contributed by atoms with E-state index >= 15 is 0 Å². The van der Waals surface area contributed by atoms with Crippen molar-refractivity contribution in [3.8, 4) is 11.1 Å². The topological polar surface area (TPSA) is 110 Å². The van der Waals surface area contributed by atoms with E-state index in [0.717, 1.165) is 0 Å². The zero-order chi connectivity index (χ0) is 18.6. The van der Waals surface area contributed by atoms with Crippen LogP contribution >= 0.6 is 0 Å². The molecule has 0 aliphatic rings. The SMILES string of the molecule is C=CC(NC(=O)OC(C)(C)C)c1cc(-c2ccccc2N)c(=O)[nH]n1. The molecule has 0 spiro atoms. The second-order valence-corrected chi connectivity index (χ2v) is 6.48. The highest BCUT2D eigenvalue weighted by molar-refractivity contribution is 5.75. The van der Waals surface area contributed by atoms with E-state index in [0.29, 0.717) is 22.5 Å². The van der Waals surface area contributed by atoms with Crippen molar-refractivity contribution in [2.75, 3.05) is 5.73 Å². The molecule has 0 aliphatic heterocycles. The molecule has 25 heavy (non-hydrogen) atoms. The highest BCUT2D eigenvalue weighted by Gasteiger charge is 2.20. The van der Waals surface area contributed by atoms with Gasteiger partial charge in [-0.25, -0.2) is 9.89 Å². The summed E-state index contributed by atoms with van der Waals surface area (Å²) >= 11 is 0. The van der Waals surface area contributed by atoms with Gasteiger partial charge in [0.05, 0.1) is 17.3 Å². The Morgan fingerprint density at radius 1 is 1.36 bits per heavy atom. The molecule has 1 amide bonds. The predicted molar refractivity (Wildman–Crippen MR) is 97.0 cm³/mol. The van der Waals surface area contributed by atoms with Crippen molar-refractivity contribution in [1.82, 2.24) is 15.5 Å². The lowest BCUT2D eigenvalue weighted by molar-refractivity contribution is 0.0513. The summed E-state index contributed by atoms with van der Waals surface area (Å²) in [6.07, 6.45) is 0.897. The molecule has 2 rings (SSSR count). The zero-order valence-corrected chi connectivity index (χ0v) is 14.5. The van der Waals surface area contributed by atoms with Crippen LogP contribution in [0.3, 0.4) is 0 Å². The third-order valence-electron chi connectivity index (χ3n) is 3.30. The number of H-pyrrole nitrogens is 1. The number of aromatic nitrogens is 2. The van der Waals surface area contributed by atoms with Gasteiger partial charge in [-0.3, -0.25) is 4.79 Å². The summed E-state index contributed by atoms with van der Waals surface area (Å²) in [7, 11) is 0. The fourth-order valence-electron chi connectivity index (χ4n) is 2.21. The Hall–Kier alpha value is -3.09. The van der Waals surface area contributed by atoms with Crippen molar-refractivity contribution in [3.05, 3.63) is 59.0 Å². The molecule has 1 unspecified atom stereocenters. The molecular formula is C18H22N4O3. The van der Waals surface area contributed by atoms with E-state index in [1.807, 2.05) is 0 Å². The molecule has 0 fully saturated rings. The van der Waals surface area contributed by atoms with Gasteiger partial charge >= 0.3 is 6.09 Å². The smallest absolute Gasteiger partial charge is 0.408 e. The number of ether oxygens (including phenoxy) is 1. The molecule has 132 valence electrons. The van der Waals surface area contributed by atoms with Crippen LogP contribution in [0.15, 0.2) is 47.8 Å². The van der Waals surface area contributed by atoms with Crippen molar-refractivity contribution in [1.29, 1.82) is 0 Å². The van der Waals surface area contributed by atoms with Crippen molar-refractivity contribution in [2.24, 2.45) is 0 Å². The minimum Gasteiger partial charge on any atom is -0.444 e. The number of hydrogen-bond donors (Lipinski definition) is 3. The Bertz CT molecular complexity index is 837. The number of benzene rings is 1. The van der Waals surface area contributed by atoms with Crippen LogP contribution < -0.4 is 16.6 Å². The van der Waals surface area contributed by atoms with Gasteiger partial charge in [0.1, 0.15) is 5.60 Å². The number of nitrogens with zero attached hydrogens (tertiary/aromatic N) is 1. The summed E-state index contributed by atoms with van der Waals surface area (Å²) < 4.78 is 5.23. The molecule has 1 aromatic carbocycles. The molecule has 7 heteroatoms. The number of nitrogens with one attached hydrogen (secondary N) is 2. The number of anilines is 1. The van der Waals surface area contributed by atoms with Crippen LogP contribution in [0.4, 0.5) is 10.5 Å². The number of rotatable bonds is 4. The molecule has 0 radical (unpaired) electrons. The summed E-state index contributed by atoms with van der Waals surface area (Å²) in [6, 6.07) is 7.97. The Morgan fingerprint density at radius 2 is 2.04 bits per heavy atom. The molecule has 0 bridgehead atoms. The van der Waals surface area contributed by atoms with E-state index in [1.54, 1.807) is 51.1 Å². The van der Waals surface area contributed by atoms with Crippen molar-refractivity contribution < 1.29 is 9.53 Å². The number of nitrogens with two attached hydrogens (primary N) is 1. The first kappa shape index (κ1) is 18.3. The summed E-state index contributed by atoms with van der Waals surface area (Å²) in [5.74, 6) is 0. The third-order valence-corrected chi connectivity index (χ3v) is 3.30. The first-order chi connectivity index (χ1) is 11.7. The van der Waals surface area contributed by atoms with Crippen LogP contribution in [0.1, 0.15) is 32.5 Å². The van der Waals surface area contributed by atoms with Gasteiger partial charge in [0, 0.05) is 11.3 Å². The van der Waals surface area contributed by atoms with Crippen molar-refractivity contribution in [3.63, 3.8) is 0 Å². The molecule has 0 aliphatic carbocycles. The summed E-state index contributed by atoms with van der Waals surface area (Å²) in [5, 5.41) is 9.08. The van der Waals surface area contributed by atoms with Crippen LogP contribution in [-0.2, 0) is 4.74 Å². The number of aromatic amines is 1. The van der Waals surface area contributed by atoms with E-state index in [4.69, 9.17) is 10.5 Å². The van der Waals surface area contributed by atoms with E-state index < -0.39 is 17.7 Å². The van der Waals surface area contributed by atoms with Crippen LogP contribution in [-0.4, -0.2) is 21.9 Å². The van der Waals surface area contributed by atoms with Gasteiger partial charge in [-0.05, 0) is 32.9 Å². The minimum atomic E-state index is -0.629. The van der Waals surface area contributed by atoms with Crippen molar-refractivity contribution >= 4 is 11.8 Å². The summed E-state index contributed by atoms with van der Waals surface area (Å²) in [6.45, 7) is 9.01. The maximum absolute atomic E-state index is 12.1. The van der Waals surface area contributed by atoms with Crippen LogP contribution in [0.25, 0.3) is 11.1 Å². The van der Waals surface area contributed by atoms with Gasteiger partial charge < -0.3 is 15.8 Å². The van der Waals surface area contributed by atoms with E-state index in [-0.39, 0.29) is 5.56 Å². The number of hydrogen-bond acceptors (Lipinski definition) is 5. The van der Waals surface area contributed by atoms with Gasteiger partial charge in [0.2, 0.25) is 0 Å². The standard InChI is InChI=1S/C18H22N4O3/c1-5-14(20-17(24)25-18(2,3)4)15-10-12(16(23)22-21-15)11-8-6-7-9-13(11)19/h5-10,14H,1,19H2,2-4H3,(H,20,24)(H,22,23). The Kier molecular flexibility index (Phi) is 5.26. The molecular weight excluding hydrogens is 320 g/mol. The number of carbonyl (C=O) groups excluding carboxylic acids is 1. The fraction of sp³-hybridized carbons (Fsp3) is 0.278. The van der Waals surface area contributed by atoms with Crippen LogP contribution in [0.5, 0.6) is 0 Å². The van der Waals surface area contributed by atoms with Gasteiger partial charge in [-0.15, -0.1) is 6.58 Å². The number of nitrogen functional groups attached to an aromatic ring is 1. The molecule has 1 aromatic heterocycles. The van der Waals surface area contributed by atoms with E-state index in [9.17, 15) is 9.59 Å². The Balaban J connectivity index is 2.34.